The Morgan fingerprint density at radius 2 is 2.10 bits per heavy atom. The molecule has 102 valence electrons. The largest absolute Gasteiger partial charge is 0.278 e. The van der Waals surface area contributed by atoms with Crippen LogP contribution in [0.2, 0.25) is 5.15 Å². The number of nitriles is 1. The first kappa shape index (κ1) is 14.8. The van der Waals surface area contributed by atoms with Crippen LogP contribution in [-0.2, 0) is 10.0 Å². The van der Waals surface area contributed by atoms with E-state index in [9.17, 15) is 8.42 Å². The summed E-state index contributed by atoms with van der Waals surface area (Å²) < 4.78 is 27.4. The van der Waals surface area contributed by atoms with Crippen molar-refractivity contribution < 1.29 is 8.42 Å². The van der Waals surface area contributed by atoms with Crippen LogP contribution in [0.4, 0.5) is 5.69 Å². The van der Waals surface area contributed by atoms with Crippen LogP contribution in [-0.4, -0.2) is 13.4 Å². The van der Waals surface area contributed by atoms with Gasteiger partial charge in [-0.05, 0) is 30.3 Å². The predicted molar refractivity (Wildman–Crippen MR) is 78.9 cm³/mol. The monoisotopic (exact) mass is 371 g/mol. The minimum atomic E-state index is -3.90. The molecule has 0 spiro atoms. The first-order valence-electron chi connectivity index (χ1n) is 5.27. The highest BCUT2D eigenvalue weighted by atomic mass is 79.9. The Balaban J connectivity index is 2.45. The van der Waals surface area contributed by atoms with Gasteiger partial charge in [-0.2, -0.15) is 5.26 Å². The summed E-state index contributed by atoms with van der Waals surface area (Å²) in [6, 6.07) is 9.36. The van der Waals surface area contributed by atoms with Crippen molar-refractivity contribution in [1.82, 2.24) is 4.98 Å². The molecule has 2 rings (SSSR count). The highest BCUT2D eigenvalue weighted by Crippen LogP contribution is 2.25. The van der Waals surface area contributed by atoms with Gasteiger partial charge < -0.3 is 0 Å². The van der Waals surface area contributed by atoms with Crippen molar-refractivity contribution in [2.24, 2.45) is 0 Å². The molecule has 1 aromatic carbocycles. The van der Waals surface area contributed by atoms with Gasteiger partial charge in [0.05, 0.1) is 11.3 Å². The van der Waals surface area contributed by atoms with Crippen molar-refractivity contribution in [3.8, 4) is 6.07 Å². The summed E-state index contributed by atoms with van der Waals surface area (Å²) in [5, 5.41) is 8.89. The quantitative estimate of drug-likeness (QED) is 0.839. The van der Waals surface area contributed by atoms with Gasteiger partial charge in [0.2, 0.25) is 0 Å². The lowest BCUT2D eigenvalue weighted by atomic mass is 10.2. The molecule has 0 aliphatic heterocycles. The Labute approximate surface area is 129 Å². The fourth-order valence-corrected chi connectivity index (χ4v) is 3.36. The van der Waals surface area contributed by atoms with E-state index in [1.807, 2.05) is 6.07 Å². The van der Waals surface area contributed by atoms with Crippen LogP contribution in [0.5, 0.6) is 0 Å². The molecular weight excluding hydrogens is 366 g/mol. The molecule has 0 atom stereocenters. The molecule has 1 heterocycles. The van der Waals surface area contributed by atoms with Crippen molar-refractivity contribution in [3.63, 3.8) is 0 Å². The summed E-state index contributed by atoms with van der Waals surface area (Å²) >= 11 is 8.98. The molecule has 20 heavy (non-hydrogen) atoms. The SMILES string of the molecule is N#Cc1cc(Br)ccc1NS(=O)(=O)c1cccnc1Cl. The Bertz CT molecular complexity index is 803. The maximum Gasteiger partial charge on any atom is 0.265 e. The summed E-state index contributed by atoms with van der Waals surface area (Å²) in [7, 11) is -3.90. The average molecular weight is 373 g/mol. The number of halogens is 2. The van der Waals surface area contributed by atoms with Gasteiger partial charge in [0.15, 0.2) is 0 Å². The number of anilines is 1. The fourth-order valence-electron chi connectivity index (χ4n) is 1.47. The molecule has 2 aromatic rings. The number of sulfonamides is 1. The highest BCUT2D eigenvalue weighted by Gasteiger charge is 2.19. The second-order valence-corrected chi connectivity index (χ2v) is 6.62. The lowest BCUT2D eigenvalue weighted by Gasteiger charge is -2.10. The molecule has 0 amide bonds. The smallest absolute Gasteiger partial charge is 0.265 e. The fraction of sp³-hybridized carbons (Fsp3) is 0. The van der Waals surface area contributed by atoms with E-state index in [1.165, 1.54) is 30.5 Å². The van der Waals surface area contributed by atoms with E-state index in [0.29, 0.717) is 4.47 Å². The zero-order valence-corrected chi connectivity index (χ0v) is 13.0. The van der Waals surface area contributed by atoms with E-state index in [0.717, 1.165) is 0 Å². The number of rotatable bonds is 3. The first-order chi connectivity index (χ1) is 9.44. The van der Waals surface area contributed by atoms with Crippen LogP contribution >= 0.6 is 27.5 Å². The number of nitrogens with one attached hydrogen (secondary N) is 1. The first-order valence-corrected chi connectivity index (χ1v) is 7.92. The lowest BCUT2D eigenvalue weighted by molar-refractivity contribution is 0.601. The van der Waals surface area contributed by atoms with Gasteiger partial charge in [0.25, 0.3) is 10.0 Å². The molecule has 0 aliphatic carbocycles. The number of nitrogens with zero attached hydrogens (tertiary/aromatic N) is 2. The molecule has 0 unspecified atom stereocenters. The van der Waals surface area contributed by atoms with E-state index in [2.05, 4.69) is 25.6 Å². The molecule has 0 bridgehead atoms. The van der Waals surface area contributed by atoms with E-state index in [-0.39, 0.29) is 21.3 Å². The van der Waals surface area contributed by atoms with Crippen LogP contribution in [0.15, 0.2) is 45.9 Å². The molecule has 0 saturated heterocycles. The third-order valence-electron chi connectivity index (χ3n) is 2.36. The highest BCUT2D eigenvalue weighted by molar-refractivity contribution is 9.10. The second kappa shape index (κ2) is 5.79. The third-order valence-corrected chi connectivity index (χ3v) is 4.66. The Morgan fingerprint density at radius 3 is 2.75 bits per heavy atom. The van der Waals surface area contributed by atoms with Gasteiger partial charge in [-0.1, -0.05) is 27.5 Å². The normalized spacial score (nSPS) is 10.8. The predicted octanol–water partition coefficient (Wildman–Crippen LogP) is 3.17. The average Bonchev–Trinajstić information content (AvgIpc) is 2.41. The van der Waals surface area contributed by atoms with Crippen molar-refractivity contribution in [2.75, 3.05) is 4.72 Å². The number of hydrogen-bond acceptors (Lipinski definition) is 4. The minimum absolute atomic E-state index is 0.129. The van der Waals surface area contributed by atoms with Gasteiger partial charge >= 0.3 is 0 Å². The van der Waals surface area contributed by atoms with Crippen LogP contribution < -0.4 is 4.72 Å². The maximum atomic E-state index is 12.2. The molecule has 0 saturated carbocycles. The molecule has 5 nitrogen and oxygen atoms in total. The van der Waals surface area contributed by atoms with Crippen LogP contribution in [0.3, 0.4) is 0 Å². The molecule has 1 N–H and O–H groups in total. The molecule has 0 radical (unpaired) electrons. The molecule has 0 aliphatic rings. The van der Waals surface area contributed by atoms with Gasteiger partial charge in [0.1, 0.15) is 16.1 Å². The number of hydrogen-bond donors (Lipinski definition) is 1. The van der Waals surface area contributed by atoms with Gasteiger partial charge in [-0.15, -0.1) is 0 Å². The Morgan fingerprint density at radius 1 is 1.35 bits per heavy atom. The van der Waals surface area contributed by atoms with Gasteiger partial charge in [-0.25, -0.2) is 13.4 Å². The van der Waals surface area contributed by atoms with E-state index in [1.54, 1.807) is 6.07 Å². The Hall–Kier alpha value is -1.62. The number of benzene rings is 1. The van der Waals surface area contributed by atoms with E-state index < -0.39 is 10.0 Å². The zero-order chi connectivity index (χ0) is 14.8. The standard InChI is InChI=1S/C12H7BrClN3O2S/c13-9-3-4-10(8(6-9)7-15)17-20(18,19)11-2-1-5-16-12(11)14/h1-6,17H. The maximum absolute atomic E-state index is 12.2. The third kappa shape index (κ3) is 3.10. The summed E-state index contributed by atoms with van der Waals surface area (Å²) in [6.45, 7) is 0. The van der Waals surface area contributed by atoms with E-state index >= 15 is 0 Å². The number of aromatic nitrogens is 1. The molecule has 1 aromatic heterocycles. The van der Waals surface area contributed by atoms with Crippen molar-refractivity contribution in [1.29, 1.82) is 5.26 Å². The topological polar surface area (TPSA) is 82.9 Å². The molecule has 0 fully saturated rings. The Kier molecular flexibility index (Phi) is 4.28. The number of pyridine rings is 1. The molecule has 8 heteroatoms. The van der Waals surface area contributed by atoms with Crippen LogP contribution in [0, 0.1) is 11.3 Å². The summed E-state index contributed by atoms with van der Waals surface area (Å²) in [4.78, 5) is 3.57. The molecular formula is C12H7BrClN3O2S. The van der Waals surface area contributed by atoms with Crippen molar-refractivity contribution >= 4 is 43.2 Å². The summed E-state index contributed by atoms with van der Waals surface area (Å²) in [6.07, 6.45) is 1.39. The van der Waals surface area contributed by atoms with Crippen LogP contribution in [0.1, 0.15) is 5.56 Å². The summed E-state index contributed by atoms with van der Waals surface area (Å²) in [5.41, 5.74) is 0.374. The van der Waals surface area contributed by atoms with Crippen molar-refractivity contribution in [2.45, 2.75) is 4.90 Å². The van der Waals surface area contributed by atoms with Crippen LogP contribution in [0.25, 0.3) is 0 Å². The second-order valence-electron chi connectivity index (χ2n) is 3.70. The zero-order valence-electron chi connectivity index (χ0n) is 9.84. The van der Waals surface area contributed by atoms with Crippen molar-refractivity contribution in [3.05, 3.63) is 51.7 Å². The van der Waals surface area contributed by atoms with E-state index in [4.69, 9.17) is 16.9 Å². The van der Waals surface area contributed by atoms with Gasteiger partial charge in [0, 0.05) is 10.7 Å². The minimum Gasteiger partial charge on any atom is -0.278 e. The lowest BCUT2D eigenvalue weighted by Crippen LogP contribution is -2.14. The van der Waals surface area contributed by atoms with Gasteiger partial charge in [-0.3, -0.25) is 4.72 Å². The summed E-state index contributed by atoms with van der Waals surface area (Å²) in [5.74, 6) is 0.